The normalized spacial score (nSPS) is 10.9. The molecule has 0 aromatic carbocycles. The highest BCUT2D eigenvalue weighted by molar-refractivity contribution is 7.16. The van der Waals surface area contributed by atoms with Crippen LogP contribution in [0.2, 0.25) is 0 Å². The minimum absolute atomic E-state index is 0.162. The zero-order valence-electron chi connectivity index (χ0n) is 14.7. The monoisotopic (exact) mass is 372 g/mol. The van der Waals surface area contributed by atoms with Gasteiger partial charge in [-0.05, 0) is 19.4 Å². The molecule has 0 bridgehead atoms. The molecular formula is C16H16N6O3S. The third-order valence-corrected chi connectivity index (χ3v) is 5.40. The Hall–Kier alpha value is -3.19. The van der Waals surface area contributed by atoms with Crippen LogP contribution in [0.5, 0.6) is 0 Å². The molecule has 3 heterocycles. The summed E-state index contributed by atoms with van der Waals surface area (Å²) in [6.07, 6.45) is 1.35. The maximum atomic E-state index is 12.4. The van der Waals surface area contributed by atoms with E-state index in [1.54, 1.807) is 0 Å². The van der Waals surface area contributed by atoms with Crippen molar-refractivity contribution in [3.8, 4) is 6.07 Å². The number of nitriles is 1. The van der Waals surface area contributed by atoms with Crippen LogP contribution >= 0.6 is 11.3 Å². The maximum absolute atomic E-state index is 12.4. The predicted molar refractivity (Wildman–Crippen MR) is 97.4 cm³/mol. The first-order valence-corrected chi connectivity index (χ1v) is 8.48. The second-order valence-corrected chi connectivity index (χ2v) is 7.12. The summed E-state index contributed by atoms with van der Waals surface area (Å²) < 4.78 is 3.62. The van der Waals surface area contributed by atoms with Crippen LogP contribution in [0.15, 0.2) is 15.9 Å². The number of aromatic nitrogens is 4. The predicted octanol–water partition coefficient (Wildman–Crippen LogP) is 0.622. The number of hydrogen-bond donors (Lipinski definition) is 1. The van der Waals surface area contributed by atoms with Gasteiger partial charge in [0.1, 0.15) is 17.6 Å². The van der Waals surface area contributed by atoms with Crippen molar-refractivity contribution in [2.24, 2.45) is 14.1 Å². The molecule has 0 atom stereocenters. The first-order valence-electron chi connectivity index (χ1n) is 7.67. The highest BCUT2D eigenvalue weighted by Crippen LogP contribution is 2.31. The molecule has 9 nitrogen and oxygen atoms in total. The lowest BCUT2D eigenvalue weighted by atomic mass is 10.2. The molecule has 0 aliphatic carbocycles. The van der Waals surface area contributed by atoms with Crippen LogP contribution in [-0.4, -0.2) is 24.6 Å². The van der Waals surface area contributed by atoms with E-state index >= 15 is 0 Å². The van der Waals surface area contributed by atoms with E-state index in [0.717, 1.165) is 15.0 Å². The van der Waals surface area contributed by atoms with Crippen LogP contribution in [0.25, 0.3) is 11.2 Å². The molecule has 3 rings (SSSR count). The van der Waals surface area contributed by atoms with E-state index in [1.807, 2.05) is 13.8 Å². The molecule has 0 saturated heterocycles. The number of hydrogen-bond acceptors (Lipinski definition) is 6. The first kappa shape index (κ1) is 17.6. The van der Waals surface area contributed by atoms with Crippen LogP contribution in [0.1, 0.15) is 16.0 Å². The number of nitrogens with zero attached hydrogens (tertiary/aromatic N) is 5. The largest absolute Gasteiger partial charge is 0.332 e. The number of imidazole rings is 1. The van der Waals surface area contributed by atoms with Crippen molar-refractivity contribution in [3.05, 3.63) is 43.2 Å². The Bertz CT molecular complexity index is 1200. The summed E-state index contributed by atoms with van der Waals surface area (Å²) in [5, 5.41) is 12.5. The van der Waals surface area contributed by atoms with Crippen molar-refractivity contribution in [2.45, 2.75) is 20.4 Å². The molecule has 0 fully saturated rings. The summed E-state index contributed by atoms with van der Waals surface area (Å²) in [4.78, 5) is 41.8. The van der Waals surface area contributed by atoms with Gasteiger partial charge >= 0.3 is 5.69 Å². The number of fused-ring (bicyclic) bond motifs is 1. The second kappa shape index (κ2) is 6.27. The number of carbonyl (C=O) groups excluding carboxylic acids is 1. The number of nitrogens with one attached hydrogen (secondary N) is 1. The Morgan fingerprint density at radius 3 is 2.65 bits per heavy atom. The Labute approximate surface area is 151 Å². The van der Waals surface area contributed by atoms with Crippen LogP contribution < -0.4 is 16.6 Å². The van der Waals surface area contributed by atoms with Crippen LogP contribution in [0, 0.1) is 25.2 Å². The van der Waals surface area contributed by atoms with Gasteiger partial charge in [-0.15, -0.1) is 11.3 Å². The number of thiophene rings is 1. The summed E-state index contributed by atoms with van der Waals surface area (Å²) in [5.41, 5.74) is 0.656. The van der Waals surface area contributed by atoms with E-state index in [2.05, 4.69) is 16.4 Å². The zero-order valence-corrected chi connectivity index (χ0v) is 15.5. The fraction of sp³-hybridized carbons (Fsp3) is 0.312. The lowest BCUT2D eigenvalue weighted by Gasteiger charge is -2.07. The van der Waals surface area contributed by atoms with Gasteiger partial charge in [-0.3, -0.25) is 18.7 Å². The topological polar surface area (TPSA) is 115 Å². The fourth-order valence-electron chi connectivity index (χ4n) is 2.69. The van der Waals surface area contributed by atoms with Crippen molar-refractivity contribution >= 4 is 33.4 Å². The van der Waals surface area contributed by atoms with E-state index in [4.69, 9.17) is 0 Å². The summed E-state index contributed by atoms with van der Waals surface area (Å²) in [7, 11) is 2.88. The Morgan fingerprint density at radius 1 is 1.31 bits per heavy atom. The number of amides is 1. The number of aryl methyl sites for hydroxylation is 2. The van der Waals surface area contributed by atoms with Crippen molar-refractivity contribution in [1.82, 2.24) is 18.7 Å². The Morgan fingerprint density at radius 2 is 2.00 bits per heavy atom. The molecule has 1 N–H and O–H groups in total. The molecular weight excluding hydrogens is 356 g/mol. The van der Waals surface area contributed by atoms with Crippen LogP contribution in [0.3, 0.4) is 0 Å². The minimum Gasteiger partial charge on any atom is -0.315 e. The first-order chi connectivity index (χ1) is 12.3. The second-order valence-electron chi connectivity index (χ2n) is 5.90. The highest BCUT2D eigenvalue weighted by atomic mass is 32.1. The average Bonchev–Trinajstić information content (AvgIpc) is 3.12. The molecule has 26 heavy (non-hydrogen) atoms. The molecule has 0 aliphatic rings. The van der Waals surface area contributed by atoms with Gasteiger partial charge in [-0.25, -0.2) is 9.78 Å². The summed E-state index contributed by atoms with van der Waals surface area (Å²) in [5.74, 6) is -0.391. The molecule has 10 heteroatoms. The molecule has 0 aliphatic heterocycles. The van der Waals surface area contributed by atoms with Gasteiger partial charge in [-0.1, -0.05) is 0 Å². The van der Waals surface area contributed by atoms with Gasteiger partial charge in [0.05, 0.1) is 11.9 Å². The third-order valence-electron chi connectivity index (χ3n) is 4.28. The Balaban J connectivity index is 1.97. The molecule has 1 amide bonds. The summed E-state index contributed by atoms with van der Waals surface area (Å²) in [6.45, 7) is 3.54. The smallest absolute Gasteiger partial charge is 0.315 e. The fourth-order valence-corrected chi connectivity index (χ4v) is 3.71. The number of rotatable bonds is 3. The highest BCUT2D eigenvalue weighted by Gasteiger charge is 2.18. The van der Waals surface area contributed by atoms with E-state index in [1.165, 1.54) is 40.9 Å². The van der Waals surface area contributed by atoms with Crippen molar-refractivity contribution in [3.63, 3.8) is 0 Å². The van der Waals surface area contributed by atoms with Gasteiger partial charge < -0.3 is 9.88 Å². The molecule has 0 radical (unpaired) electrons. The van der Waals surface area contributed by atoms with Gasteiger partial charge in [0.25, 0.3) is 5.56 Å². The van der Waals surface area contributed by atoms with Gasteiger partial charge in [0.15, 0.2) is 11.2 Å². The van der Waals surface area contributed by atoms with E-state index in [-0.39, 0.29) is 17.7 Å². The number of anilines is 1. The summed E-state index contributed by atoms with van der Waals surface area (Å²) >= 11 is 1.33. The quantitative estimate of drug-likeness (QED) is 0.724. The van der Waals surface area contributed by atoms with Crippen molar-refractivity contribution in [1.29, 1.82) is 5.26 Å². The summed E-state index contributed by atoms with van der Waals surface area (Å²) in [6, 6.07) is 2.09. The van der Waals surface area contributed by atoms with E-state index < -0.39 is 17.2 Å². The molecule has 0 saturated carbocycles. The van der Waals surface area contributed by atoms with Crippen LogP contribution in [-0.2, 0) is 25.4 Å². The Kier molecular flexibility index (Phi) is 4.25. The van der Waals surface area contributed by atoms with Crippen LogP contribution in [0.4, 0.5) is 5.00 Å². The van der Waals surface area contributed by atoms with Gasteiger partial charge in [0, 0.05) is 19.0 Å². The average molecular weight is 372 g/mol. The third kappa shape index (κ3) is 2.62. The molecule has 3 aromatic rings. The molecule has 3 aromatic heterocycles. The zero-order chi connectivity index (χ0) is 19.2. The van der Waals surface area contributed by atoms with E-state index in [9.17, 15) is 19.6 Å². The minimum atomic E-state index is -0.520. The van der Waals surface area contributed by atoms with Crippen molar-refractivity contribution in [2.75, 3.05) is 5.32 Å². The lowest BCUT2D eigenvalue weighted by Crippen LogP contribution is -2.37. The van der Waals surface area contributed by atoms with Gasteiger partial charge in [0.2, 0.25) is 5.91 Å². The lowest BCUT2D eigenvalue weighted by molar-refractivity contribution is -0.116. The number of carbonyl (C=O) groups is 1. The molecule has 0 unspecified atom stereocenters. The maximum Gasteiger partial charge on any atom is 0.332 e. The molecule has 134 valence electrons. The van der Waals surface area contributed by atoms with Gasteiger partial charge in [-0.2, -0.15) is 5.26 Å². The van der Waals surface area contributed by atoms with Crippen molar-refractivity contribution < 1.29 is 4.79 Å². The molecule has 0 spiro atoms. The SMILES string of the molecule is Cc1sc(NC(=O)Cn2cnc3c2c(=O)n(C)c(=O)n3C)c(C#N)c1C. The standard InChI is InChI=1S/C16H16N6O3S/c1-8-9(2)26-14(10(8)5-17)19-11(23)6-22-7-18-13-12(22)15(24)21(4)16(25)20(13)3/h7H,6H2,1-4H3,(H,19,23). The van der Waals surface area contributed by atoms with E-state index in [0.29, 0.717) is 10.6 Å².